The first-order valence-electron chi connectivity index (χ1n) is 4.25. The third-order valence-electron chi connectivity index (χ3n) is 1.91. The molecule has 0 saturated carbocycles. The van der Waals surface area contributed by atoms with Crippen LogP contribution in [-0.4, -0.2) is 10.4 Å². The largest absolute Gasteiger partial charge is 0.313 e. The van der Waals surface area contributed by atoms with Gasteiger partial charge in [-0.2, -0.15) is 0 Å². The average Bonchev–Trinajstić information content (AvgIpc) is 2.03. The molecule has 70 valence electrons. The second kappa shape index (κ2) is 3.56. The van der Waals surface area contributed by atoms with E-state index < -0.39 is 0 Å². The monoisotopic (exact) mass is 179 g/mol. The minimum absolute atomic E-state index is 0.0759. The van der Waals surface area contributed by atoms with Gasteiger partial charge in [0.05, 0.1) is 0 Å². The summed E-state index contributed by atoms with van der Waals surface area (Å²) >= 11 is 0. The first kappa shape index (κ1) is 9.71. The Morgan fingerprint density at radius 1 is 1.46 bits per heavy atom. The molecule has 0 aromatic carbocycles. The predicted octanol–water partition coefficient (Wildman–Crippen LogP) is 1.63. The topological polar surface area (TPSA) is 39.1 Å². The van der Waals surface area contributed by atoms with Gasteiger partial charge in [-0.05, 0) is 26.8 Å². The number of rotatable bonds is 2. The second-order valence-electron chi connectivity index (χ2n) is 3.31. The van der Waals surface area contributed by atoms with E-state index >= 15 is 0 Å². The lowest BCUT2D eigenvalue weighted by Crippen LogP contribution is -2.21. The van der Waals surface area contributed by atoms with E-state index in [0.717, 1.165) is 0 Å². The maximum atomic E-state index is 11.4. The molecule has 1 heterocycles. The molecular weight excluding hydrogens is 166 g/mol. The van der Waals surface area contributed by atoms with Crippen LogP contribution in [0.4, 0.5) is 0 Å². The normalized spacial score (nSPS) is 10.5. The fourth-order valence-electron chi connectivity index (χ4n) is 1.14. The Kier molecular flexibility index (Phi) is 2.66. The van der Waals surface area contributed by atoms with Crippen LogP contribution in [0.1, 0.15) is 37.2 Å². The highest BCUT2D eigenvalue weighted by molar-refractivity contribution is 5.93. The van der Waals surface area contributed by atoms with Crippen molar-refractivity contribution in [1.82, 2.24) is 4.57 Å². The molecule has 0 atom stereocenters. The molecule has 13 heavy (non-hydrogen) atoms. The molecule has 0 fully saturated rings. The van der Waals surface area contributed by atoms with Gasteiger partial charge in [-0.15, -0.1) is 0 Å². The molecule has 3 nitrogen and oxygen atoms in total. The van der Waals surface area contributed by atoms with E-state index in [1.54, 1.807) is 16.8 Å². The fraction of sp³-hybridized carbons (Fsp3) is 0.400. The Hall–Kier alpha value is -1.38. The second-order valence-corrected chi connectivity index (χ2v) is 3.31. The molecule has 1 rings (SSSR count). The first-order valence-corrected chi connectivity index (χ1v) is 4.25. The lowest BCUT2D eigenvalue weighted by Gasteiger charge is -2.08. The highest BCUT2D eigenvalue weighted by Gasteiger charge is 2.03. The summed E-state index contributed by atoms with van der Waals surface area (Å²) in [7, 11) is 0. The van der Waals surface area contributed by atoms with Gasteiger partial charge in [0.15, 0.2) is 5.78 Å². The summed E-state index contributed by atoms with van der Waals surface area (Å²) in [6.45, 7) is 5.30. The number of carbonyl (C=O) groups excluding carboxylic acids is 1. The number of ketones is 1. The van der Waals surface area contributed by atoms with Crippen molar-refractivity contribution in [2.75, 3.05) is 0 Å². The number of carbonyl (C=O) groups is 1. The quantitative estimate of drug-likeness (QED) is 0.647. The number of Topliss-reactive ketones (excluding diaryl/α,β-unsaturated/α-hetero) is 1. The van der Waals surface area contributed by atoms with Crippen molar-refractivity contribution in [1.29, 1.82) is 0 Å². The van der Waals surface area contributed by atoms with E-state index in [1.165, 1.54) is 13.0 Å². The van der Waals surface area contributed by atoms with Crippen LogP contribution < -0.4 is 5.56 Å². The van der Waals surface area contributed by atoms with Crippen LogP contribution in [-0.2, 0) is 0 Å². The van der Waals surface area contributed by atoms with Gasteiger partial charge in [0.2, 0.25) is 0 Å². The third kappa shape index (κ3) is 2.05. The minimum atomic E-state index is -0.122. The highest BCUT2D eigenvalue weighted by atomic mass is 16.1. The van der Waals surface area contributed by atoms with E-state index in [0.29, 0.717) is 5.56 Å². The maximum absolute atomic E-state index is 11.4. The van der Waals surface area contributed by atoms with Gasteiger partial charge >= 0.3 is 0 Å². The highest BCUT2D eigenvalue weighted by Crippen LogP contribution is 2.01. The van der Waals surface area contributed by atoms with Gasteiger partial charge in [0.25, 0.3) is 5.56 Å². The van der Waals surface area contributed by atoms with Crippen molar-refractivity contribution >= 4 is 5.78 Å². The average molecular weight is 179 g/mol. The number of aromatic nitrogens is 1. The summed E-state index contributed by atoms with van der Waals surface area (Å²) in [5, 5.41) is 0. The Balaban J connectivity index is 3.21. The zero-order valence-electron chi connectivity index (χ0n) is 8.07. The molecule has 0 saturated heterocycles. The van der Waals surface area contributed by atoms with Crippen LogP contribution in [0.5, 0.6) is 0 Å². The minimum Gasteiger partial charge on any atom is -0.313 e. The zero-order chi connectivity index (χ0) is 10.0. The molecule has 0 aliphatic rings. The van der Waals surface area contributed by atoms with Crippen molar-refractivity contribution in [3.63, 3.8) is 0 Å². The molecule has 0 bridgehead atoms. The lowest BCUT2D eigenvalue weighted by molar-refractivity contribution is 0.101. The molecule has 0 unspecified atom stereocenters. The third-order valence-corrected chi connectivity index (χ3v) is 1.91. The first-order chi connectivity index (χ1) is 6.02. The molecule has 0 radical (unpaired) electrons. The van der Waals surface area contributed by atoms with Crippen LogP contribution in [0.15, 0.2) is 23.1 Å². The molecule has 3 heteroatoms. The smallest absolute Gasteiger partial charge is 0.251 e. The van der Waals surface area contributed by atoms with Crippen LogP contribution in [0, 0.1) is 0 Å². The van der Waals surface area contributed by atoms with Crippen LogP contribution in [0.25, 0.3) is 0 Å². The predicted molar refractivity (Wildman–Crippen MR) is 51.1 cm³/mol. The van der Waals surface area contributed by atoms with Gasteiger partial charge in [0, 0.05) is 23.9 Å². The zero-order valence-corrected chi connectivity index (χ0v) is 8.07. The van der Waals surface area contributed by atoms with Crippen molar-refractivity contribution in [2.45, 2.75) is 26.8 Å². The Morgan fingerprint density at radius 3 is 2.46 bits per heavy atom. The van der Waals surface area contributed by atoms with Gasteiger partial charge in [0.1, 0.15) is 0 Å². The van der Waals surface area contributed by atoms with Gasteiger partial charge < -0.3 is 4.57 Å². The number of nitrogens with zero attached hydrogens (tertiary/aromatic N) is 1. The van der Waals surface area contributed by atoms with Crippen LogP contribution >= 0.6 is 0 Å². The summed E-state index contributed by atoms with van der Waals surface area (Å²) < 4.78 is 1.59. The summed E-state index contributed by atoms with van der Waals surface area (Å²) in [5.74, 6) is -0.0759. The Labute approximate surface area is 77.0 Å². The SMILES string of the molecule is CC(=O)c1ccn(C(C)C)c(=O)c1. The van der Waals surface area contributed by atoms with Gasteiger partial charge in [-0.1, -0.05) is 0 Å². The molecule has 0 aliphatic carbocycles. The number of hydrogen-bond acceptors (Lipinski definition) is 2. The number of pyridine rings is 1. The fourth-order valence-corrected chi connectivity index (χ4v) is 1.14. The number of hydrogen-bond donors (Lipinski definition) is 0. The summed E-state index contributed by atoms with van der Waals surface area (Å²) in [6.07, 6.45) is 1.66. The van der Waals surface area contributed by atoms with E-state index in [-0.39, 0.29) is 17.4 Å². The van der Waals surface area contributed by atoms with Crippen LogP contribution in [0.3, 0.4) is 0 Å². The lowest BCUT2D eigenvalue weighted by atomic mass is 10.2. The Morgan fingerprint density at radius 2 is 2.08 bits per heavy atom. The summed E-state index contributed by atoms with van der Waals surface area (Å²) in [5.41, 5.74) is 0.351. The molecular formula is C10H13NO2. The van der Waals surface area contributed by atoms with E-state index in [1.807, 2.05) is 13.8 Å². The Bertz CT molecular complexity index is 377. The van der Waals surface area contributed by atoms with Crippen molar-refractivity contribution in [2.24, 2.45) is 0 Å². The van der Waals surface area contributed by atoms with Crippen molar-refractivity contribution in [3.05, 3.63) is 34.2 Å². The van der Waals surface area contributed by atoms with Crippen LogP contribution in [0.2, 0.25) is 0 Å². The van der Waals surface area contributed by atoms with Gasteiger partial charge in [-0.25, -0.2) is 0 Å². The summed E-state index contributed by atoms with van der Waals surface area (Å²) in [6, 6.07) is 3.18. The van der Waals surface area contributed by atoms with Crippen molar-refractivity contribution in [3.8, 4) is 0 Å². The molecule has 1 aromatic heterocycles. The van der Waals surface area contributed by atoms with E-state index in [2.05, 4.69) is 0 Å². The van der Waals surface area contributed by atoms with Crippen molar-refractivity contribution < 1.29 is 4.79 Å². The molecule has 0 aliphatic heterocycles. The molecule has 0 N–H and O–H groups in total. The maximum Gasteiger partial charge on any atom is 0.251 e. The summed E-state index contributed by atoms with van der Waals surface area (Å²) in [4.78, 5) is 22.3. The van der Waals surface area contributed by atoms with Gasteiger partial charge in [-0.3, -0.25) is 9.59 Å². The van der Waals surface area contributed by atoms with E-state index in [9.17, 15) is 9.59 Å². The molecule has 0 amide bonds. The molecule has 0 spiro atoms. The molecule has 1 aromatic rings. The van der Waals surface area contributed by atoms with E-state index in [4.69, 9.17) is 0 Å². The standard InChI is InChI=1S/C10H13NO2/c1-7(2)11-5-4-9(8(3)12)6-10(11)13/h4-7H,1-3H3.